The maximum Gasteiger partial charge on any atom is 0.330 e. The Labute approximate surface area is 148 Å². The number of allylic oxidation sites excluding steroid dienone is 1. The van der Waals surface area contributed by atoms with Crippen molar-refractivity contribution in [1.82, 2.24) is 0 Å². The van der Waals surface area contributed by atoms with Crippen LogP contribution >= 0.6 is 0 Å². The van der Waals surface area contributed by atoms with Gasteiger partial charge in [-0.2, -0.15) is 0 Å². The maximum absolute atomic E-state index is 11.4. The van der Waals surface area contributed by atoms with Crippen LogP contribution in [0, 0.1) is 0 Å². The minimum atomic E-state index is -0.280. The second kappa shape index (κ2) is 10.1. The molecule has 1 aliphatic rings. The van der Waals surface area contributed by atoms with Crippen molar-refractivity contribution in [1.29, 1.82) is 0 Å². The Morgan fingerprint density at radius 3 is 2.40 bits per heavy atom. The molecule has 0 aromatic heterocycles. The van der Waals surface area contributed by atoms with Gasteiger partial charge in [-0.05, 0) is 43.2 Å². The summed E-state index contributed by atoms with van der Waals surface area (Å²) in [5.41, 5.74) is 2.28. The molecule has 1 aromatic carbocycles. The number of hydrogen-bond donors (Lipinski definition) is 0. The Hall–Kier alpha value is -2.05. The molecule has 0 saturated heterocycles. The van der Waals surface area contributed by atoms with Crippen molar-refractivity contribution in [3.63, 3.8) is 0 Å². The topological polar surface area (TPSA) is 63.2 Å². The lowest BCUT2D eigenvalue weighted by Crippen LogP contribution is -2.11. The maximum atomic E-state index is 11.4. The van der Waals surface area contributed by atoms with Crippen molar-refractivity contribution in [3.8, 4) is 11.5 Å². The molecule has 0 N–H and O–H groups in total. The van der Waals surface area contributed by atoms with E-state index in [9.17, 15) is 4.79 Å². The van der Waals surface area contributed by atoms with E-state index in [0.717, 1.165) is 42.6 Å². The van der Waals surface area contributed by atoms with Gasteiger partial charge in [0.25, 0.3) is 0 Å². The average Bonchev–Trinajstić information content (AvgIpc) is 2.65. The minimum Gasteiger partial charge on any atom is -0.467 e. The molecule has 6 heteroatoms. The molecule has 0 spiro atoms. The van der Waals surface area contributed by atoms with Crippen LogP contribution in [0.1, 0.15) is 37.2 Å². The number of carbonyl (C=O) groups is 1. The van der Waals surface area contributed by atoms with Gasteiger partial charge in [0.1, 0.15) is 11.5 Å². The van der Waals surface area contributed by atoms with Crippen molar-refractivity contribution in [3.05, 3.63) is 35.4 Å². The van der Waals surface area contributed by atoms with Gasteiger partial charge in [-0.3, -0.25) is 0 Å². The fourth-order valence-electron chi connectivity index (χ4n) is 2.99. The van der Waals surface area contributed by atoms with E-state index in [-0.39, 0.29) is 19.6 Å². The normalized spacial score (nSPS) is 17.1. The number of carbonyl (C=O) groups excluding carboxylic acids is 1. The van der Waals surface area contributed by atoms with E-state index in [4.69, 9.17) is 23.7 Å². The minimum absolute atomic E-state index is 0.181. The first-order valence-corrected chi connectivity index (χ1v) is 8.32. The lowest BCUT2D eigenvalue weighted by Gasteiger charge is -2.26. The van der Waals surface area contributed by atoms with Crippen LogP contribution in [0.4, 0.5) is 0 Å². The fourth-order valence-corrected chi connectivity index (χ4v) is 2.99. The Bertz CT molecular complexity index is 586. The van der Waals surface area contributed by atoms with E-state index in [1.54, 1.807) is 20.3 Å². The number of hydrogen-bond acceptors (Lipinski definition) is 6. The van der Waals surface area contributed by atoms with E-state index in [0.29, 0.717) is 11.7 Å². The third kappa shape index (κ3) is 5.76. The summed E-state index contributed by atoms with van der Waals surface area (Å²) in [6.07, 6.45) is 5.30. The molecule has 2 rings (SSSR count). The van der Waals surface area contributed by atoms with E-state index < -0.39 is 0 Å². The smallest absolute Gasteiger partial charge is 0.330 e. The molecular weight excluding hydrogens is 324 g/mol. The average molecular weight is 350 g/mol. The predicted molar refractivity (Wildman–Crippen MR) is 92.8 cm³/mol. The van der Waals surface area contributed by atoms with Gasteiger partial charge < -0.3 is 23.7 Å². The Morgan fingerprint density at radius 1 is 1.08 bits per heavy atom. The van der Waals surface area contributed by atoms with Crippen molar-refractivity contribution in [2.45, 2.75) is 31.6 Å². The van der Waals surface area contributed by atoms with Gasteiger partial charge in [-0.25, -0.2) is 4.79 Å². The van der Waals surface area contributed by atoms with Gasteiger partial charge in [0.2, 0.25) is 0 Å². The highest BCUT2D eigenvalue weighted by Crippen LogP contribution is 2.40. The van der Waals surface area contributed by atoms with Crippen LogP contribution in [0.5, 0.6) is 11.5 Å². The molecule has 0 bridgehead atoms. The van der Waals surface area contributed by atoms with Gasteiger partial charge in [0.05, 0.1) is 7.11 Å². The van der Waals surface area contributed by atoms with Gasteiger partial charge in [0.15, 0.2) is 13.6 Å². The molecular formula is C19H26O6. The van der Waals surface area contributed by atoms with Crippen LogP contribution in [0.2, 0.25) is 0 Å². The summed E-state index contributed by atoms with van der Waals surface area (Å²) in [4.78, 5) is 11.4. The number of rotatable bonds is 8. The first kappa shape index (κ1) is 19.3. The second-order valence-corrected chi connectivity index (χ2v) is 5.90. The van der Waals surface area contributed by atoms with Crippen LogP contribution < -0.4 is 9.47 Å². The van der Waals surface area contributed by atoms with Crippen molar-refractivity contribution in [2.75, 3.05) is 34.9 Å². The molecule has 0 atom stereocenters. The molecule has 6 nitrogen and oxygen atoms in total. The summed E-state index contributed by atoms with van der Waals surface area (Å²) in [6.45, 7) is 0.370. The molecule has 0 heterocycles. The monoisotopic (exact) mass is 350 g/mol. The van der Waals surface area contributed by atoms with Crippen LogP contribution in [0.25, 0.3) is 0 Å². The highest BCUT2D eigenvalue weighted by Gasteiger charge is 2.22. The van der Waals surface area contributed by atoms with Crippen LogP contribution in [0.3, 0.4) is 0 Å². The third-order valence-electron chi connectivity index (χ3n) is 4.25. The van der Waals surface area contributed by atoms with E-state index >= 15 is 0 Å². The highest BCUT2D eigenvalue weighted by molar-refractivity contribution is 5.82. The zero-order valence-corrected chi connectivity index (χ0v) is 15.1. The summed E-state index contributed by atoms with van der Waals surface area (Å²) in [5, 5.41) is 0. The molecule has 0 unspecified atom stereocenters. The number of methoxy groups -OCH3 is 3. The highest BCUT2D eigenvalue weighted by atomic mass is 16.7. The van der Waals surface area contributed by atoms with Gasteiger partial charge >= 0.3 is 5.97 Å². The van der Waals surface area contributed by atoms with Crippen LogP contribution in [-0.4, -0.2) is 40.9 Å². The van der Waals surface area contributed by atoms with E-state index in [1.807, 2.05) is 18.2 Å². The number of esters is 1. The summed E-state index contributed by atoms with van der Waals surface area (Å²) in [5.74, 6) is 1.55. The predicted octanol–water partition coefficient (Wildman–Crippen LogP) is 3.41. The Balaban J connectivity index is 2.09. The SMILES string of the molecule is COCOc1ccc(C2CCC(=CC(=O)OC)CC2)c(OCOC)c1. The molecule has 1 saturated carbocycles. The summed E-state index contributed by atoms with van der Waals surface area (Å²) < 4.78 is 25.9. The second-order valence-electron chi connectivity index (χ2n) is 5.90. The van der Waals surface area contributed by atoms with Crippen molar-refractivity contribution in [2.24, 2.45) is 0 Å². The molecule has 0 aliphatic heterocycles. The zero-order chi connectivity index (χ0) is 18.1. The van der Waals surface area contributed by atoms with E-state index in [2.05, 4.69) is 0 Å². The molecule has 1 aliphatic carbocycles. The van der Waals surface area contributed by atoms with Gasteiger partial charge in [0, 0.05) is 26.4 Å². The lowest BCUT2D eigenvalue weighted by molar-refractivity contribution is -0.134. The number of ether oxygens (including phenoxy) is 5. The summed E-state index contributed by atoms with van der Waals surface area (Å²) in [6, 6.07) is 5.83. The van der Waals surface area contributed by atoms with Gasteiger partial charge in [-0.1, -0.05) is 11.6 Å². The molecule has 25 heavy (non-hydrogen) atoms. The molecule has 1 aromatic rings. The third-order valence-corrected chi connectivity index (χ3v) is 4.25. The Morgan fingerprint density at radius 2 is 1.76 bits per heavy atom. The summed E-state index contributed by atoms with van der Waals surface area (Å²) in [7, 11) is 4.57. The summed E-state index contributed by atoms with van der Waals surface area (Å²) >= 11 is 0. The molecule has 1 fully saturated rings. The first-order chi connectivity index (χ1) is 12.2. The zero-order valence-electron chi connectivity index (χ0n) is 15.1. The largest absolute Gasteiger partial charge is 0.467 e. The Kier molecular flexibility index (Phi) is 7.76. The fraction of sp³-hybridized carbons (Fsp3) is 0.526. The standard InChI is InChI=1S/C19H26O6/c1-21-12-24-16-8-9-17(18(11-16)25-13-22-2)15-6-4-14(5-7-15)10-19(20)23-3/h8-11,15H,4-7,12-13H2,1-3H3. The molecule has 0 amide bonds. The van der Waals surface area contributed by atoms with Crippen LogP contribution in [-0.2, 0) is 19.0 Å². The van der Waals surface area contributed by atoms with Crippen molar-refractivity contribution >= 4 is 5.97 Å². The van der Waals surface area contributed by atoms with Crippen LogP contribution in [0.15, 0.2) is 29.8 Å². The number of benzene rings is 1. The first-order valence-electron chi connectivity index (χ1n) is 8.32. The lowest BCUT2D eigenvalue weighted by atomic mass is 9.81. The van der Waals surface area contributed by atoms with Gasteiger partial charge in [-0.15, -0.1) is 0 Å². The molecule has 138 valence electrons. The quantitative estimate of drug-likeness (QED) is 0.407. The van der Waals surface area contributed by atoms with E-state index in [1.165, 1.54) is 7.11 Å². The molecule has 0 radical (unpaired) electrons. The van der Waals surface area contributed by atoms with Crippen molar-refractivity contribution < 1.29 is 28.5 Å².